The molecule has 2 aromatic rings. The van der Waals surface area contributed by atoms with Gasteiger partial charge in [-0.15, -0.1) is 10.2 Å². The average molecular weight is 521 g/mol. The minimum absolute atomic E-state index is 0.00528. The fourth-order valence-corrected chi connectivity index (χ4v) is 6.41. The number of likely N-dealkylation sites (tertiary alicyclic amines) is 1. The standard InChI is InChI=1S/C30H44N6O2/c1-18(2)11-21-13-22(14-21)28-32-33-29(36(28)23-8-9-23)24-15-35(17-27(37)34(5)6)16-25(24)30(38)31-26-10-7-19(3)12-20(26)4/h7,10,12,18,21-25H,8-9,11,13-17H2,1-6H3,(H,31,38)/t21?,22?,24-,25-/m0/s1. The molecule has 0 unspecified atom stereocenters. The van der Waals surface area contributed by atoms with Gasteiger partial charge < -0.3 is 14.8 Å². The molecular formula is C30H44N6O2. The highest BCUT2D eigenvalue weighted by molar-refractivity contribution is 5.94. The number of nitrogens with one attached hydrogen (secondary N) is 1. The number of hydrogen-bond acceptors (Lipinski definition) is 5. The zero-order chi connectivity index (χ0) is 27.1. The van der Waals surface area contributed by atoms with Crippen molar-refractivity contribution in [1.82, 2.24) is 24.6 Å². The van der Waals surface area contributed by atoms with Crippen LogP contribution < -0.4 is 5.32 Å². The van der Waals surface area contributed by atoms with Crippen LogP contribution in [0.15, 0.2) is 18.2 Å². The third-order valence-corrected chi connectivity index (χ3v) is 8.63. The number of likely N-dealkylation sites (N-methyl/N-ethyl adjacent to an activating group) is 1. The maximum Gasteiger partial charge on any atom is 0.236 e. The first-order valence-electron chi connectivity index (χ1n) is 14.4. The minimum Gasteiger partial charge on any atom is -0.348 e. The molecule has 1 N–H and O–H groups in total. The first kappa shape index (κ1) is 26.9. The number of carbonyl (C=O) groups excluding carboxylic acids is 2. The van der Waals surface area contributed by atoms with Crippen LogP contribution in [0.2, 0.25) is 0 Å². The van der Waals surface area contributed by atoms with Crippen molar-refractivity contribution in [3.8, 4) is 0 Å². The van der Waals surface area contributed by atoms with Gasteiger partial charge in [-0.25, -0.2) is 0 Å². The number of aryl methyl sites for hydroxylation is 2. The SMILES string of the molecule is Cc1ccc(NC(=O)[C@H]2CN(CC(=O)N(C)C)C[C@@H]2c2nnc(C3CC(CC(C)C)C3)n2C2CC2)c(C)c1. The number of rotatable bonds is 9. The number of benzene rings is 1. The molecule has 3 fully saturated rings. The largest absolute Gasteiger partial charge is 0.348 e. The molecule has 1 saturated heterocycles. The maximum atomic E-state index is 13.8. The Morgan fingerprint density at radius 3 is 2.42 bits per heavy atom. The van der Waals surface area contributed by atoms with Crippen LogP contribution in [0.1, 0.15) is 86.6 Å². The molecule has 2 saturated carbocycles. The van der Waals surface area contributed by atoms with Crippen LogP contribution >= 0.6 is 0 Å². The van der Waals surface area contributed by atoms with E-state index in [4.69, 9.17) is 10.2 Å². The van der Waals surface area contributed by atoms with Crippen LogP contribution in [0.3, 0.4) is 0 Å². The quantitative estimate of drug-likeness (QED) is 0.526. The third-order valence-electron chi connectivity index (χ3n) is 8.63. The van der Waals surface area contributed by atoms with Gasteiger partial charge in [0.1, 0.15) is 11.6 Å². The second-order valence-electron chi connectivity index (χ2n) is 12.7. The summed E-state index contributed by atoms with van der Waals surface area (Å²) in [4.78, 5) is 30.1. The second-order valence-corrected chi connectivity index (χ2v) is 12.7. The molecule has 0 radical (unpaired) electrons. The van der Waals surface area contributed by atoms with E-state index < -0.39 is 0 Å². The van der Waals surface area contributed by atoms with Gasteiger partial charge in [0.15, 0.2) is 0 Å². The lowest BCUT2D eigenvalue weighted by molar-refractivity contribution is -0.130. The van der Waals surface area contributed by atoms with Crippen LogP contribution in [0.5, 0.6) is 0 Å². The molecule has 1 aliphatic heterocycles. The monoisotopic (exact) mass is 520 g/mol. The van der Waals surface area contributed by atoms with E-state index in [2.05, 4.69) is 41.6 Å². The zero-order valence-corrected chi connectivity index (χ0v) is 23.9. The molecule has 3 aliphatic rings. The molecule has 0 bridgehead atoms. The maximum absolute atomic E-state index is 13.8. The Hall–Kier alpha value is -2.74. The van der Waals surface area contributed by atoms with Crippen LogP contribution in [-0.4, -0.2) is 70.1 Å². The fourth-order valence-electron chi connectivity index (χ4n) is 6.41. The van der Waals surface area contributed by atoms with Gasteiger partial charge in [0.05, 0.1) is 12.5 Å². The van der Waals surface area contributed by atoms with E-state index in [1.54, 1.807) is 19.0 Å². The van der Waals surface area contributed by atoms with Gasteiger partial charge in [0.2, 0.25) is 11.8 Å². The first-order valence-corrected chi connectivity index (χ1v) is 14.4. The minimum atomic E-state index is -0.296. The van der Waals surface area contributed by atoms with E-state index >= 15 is 0 Å². The van der Waals surface area contributed by atoms with Crippen molar-refractivity contribution in [2.45, 2.75) is 77.7 Å². The number of amides is 2. The molecule has 2 atom stereocenters. The summed E-state index contributed by atoms with van der Waals surface area (Å²) < 4.78 is 2.40. The van der Waals surface area contributed by atoms with Gasteiger partial charge in [-0.1, -0.05) is 31.5 Å². The van der Waals surface area contributed by atoms with Crippen molar-refractivity contribution in [2.24, 2.45) is 17.8 Å². The number of aromatic nitrogens is 3. The number of carbonyl (C=O) groups is 2. The fraction of sp³-hybridized carbons (Fsp3) is 0.667. The normalized spacial score (nSPS) is 25.4. The Labute approximate surface area is 227 Å². The number of hydrogen-bond donors (Lipinski definition) is 1. The predicted octanol–water partition coefficient (Wildman–Crippen LogP) is 4.51. The van der Waals surface area contributed by atoms with E-state index in [0.717, 1.165) is 47.6 Å². The Morgan fingerprint density at radius 2 is 1.79 bits per heavy atom. The van der Waals surface area contributed by atoms with E-state index in [-0.39, 0.29) is 23.7 Å². The molecule has 206 valence electrons. The van der Waals surface area contributed by atoms with Crippen LogP contribution in [0, 0.1) is 31.6 Å². The highest BCUT2D eigenvalue weighted by atomic mass is 16.2. The summed E-state index contributed by atoms with van der Waals surface area (Å²) in [5, 5.41) is 12.7. The molecule has 38 heavy (non-hydrogen) atoms. The summed E-state index contributed by atoms with van der Waals surface area (Å²) in [7, 11) is 3.56. The molecule has 5 rings (SSSR count). The lowest BCUT2D eigenvalue weighted by Crippen LogP contribution is -2.36. The van der Waals surface area contributed by atoms with Gasteiger partial charge >= 0.3 is 0 Å². The topological polar surface area (TPSA) is 83.4 Å². The number of anilines is 1. The van der Waals surface area contributed by atoms with Crippen LogP contribution in [0.4, 0.5) is 5.69 Å². The summed E-state index contributed by atoms with van der Waals surface area (Å²) >= 11 is 0. The Morgan fingerprint density at radius 1 is 1.08 bits per heavy atom. The van der Waals surface area contributed by atoms with Gasteiger partial charge in [-0.3, -0.25) is 14.5 Å². The van der Waals surface area contributed by atoms with Crippen molar-refractivity contribution in [1.29, 1.82) is 0 Å². The van der Waals surface area contributed by atoms with Gasteiger partial charge in [0.25, 0.3) is 0 Å². The highest BCUT2D eigenvalue weighted by Crippen LogP contribution is 2.48. The van der Waals surface area contributed by atoms with Gasteiger partial charge in [0, 0.05) is 50.7 Å². The number of nitrogens with zero attached hydrogens (tertiary/aromatic N) is 5. The molecule has 1 aromatic carbocycles. The lowest BCUT2D eigenvalue weighted by atomic mass is 9.71. The summed E-state index contributed by atoms with van der Waals surface area (Å²) in [6.07, 6.45) is 5.95. The summed E-state index contributed by atoms with van der Waals surface area (Å²) in [6, 6.07) is 6.54. The third kappa shape index (κ3) is 5.65. The molecule has 0 spiro atoms. The predicted molar refractivity (Wildman–Crippen MR) is 149 cm³/mol. The molecule has 8 nitrogen and oxygen atoms in total. The molecule has 2 amide bonds. The van der Waals surface area contributed by atoms with E-state index in [0.29, 0.717) is 31.6 Å². The second kappa shape index (κ2) is 10.8. The summed E-state index contributed by atoms with van der Waals surface area (Å²) in [5.41, 5.74) is 3.07. The molecule has 8 heteroatoms. The van der Waals surface area contributed by atoms with E-state index in [9.17, 15) is 9.59 Å². The van der Waals surface area contributed by atoms with Crippen molar-refractivity contribution in [3.63, 3.8) is 0 Å². The van der Waals surface area contributed by atoms with Crippen molar-refractivity contribution in [2.75, 3.05) is 39.0 Å². The first-order chi connectivity index (χ1) is 18.1. The lowest BCUT2D eigenvalue weighted by Gasteiger charge is -2.36. The Bertz CT molecular complexity index is 1180. The molecular weight excluding hydrogens is 476 g/mol. The Kier molecular flexibility index (Phi) is 7.63. The van der Waals surface area contributed by atoms with E-state index in [1.807, 2.05) is 19.1 Å². The highest BCUT2D eigenvalue weighted by Gasteiger charge is 2.45. The zero-order valence-electron chi connectivity index (χ0n) is 23.9. The molecule has 2 heterocycles. The van der Waals surface area contributed by atoms with Gasteiger partial charge in [-0.2, -0.15) is 0 Å². The van der Waals surface area contributed by atoms with Gasteiger partial charge in [-0.05, 0) is 69.4 Å². The average Bonchev–Trinajstić information content (AvgIpc) is 3.43. The van der Waals surface area contributed by atoms with Crippen LogP contribution in [0.25, 0.3) is 0 Å². The van der Waals surface area contributed by atoms with Crippen molar-refractivity contribution in [3.05, 3.63) is 41.0 Å². The molecule has 1 aromatic heterocycles. The van der Waals surface area contributed by atoms with E-state index in [1.165, 1.54) is 24.8 Å². The van der Waals surface area contributed by atoms with Crippen molar-refractivity contribution >= 4 is 17.5 Å². The Balaban J connectivity index is 1.40. The summed E-state index contributed by atoms with van der Waals surface area (Å²) in [5.74, 6) is 3.69. The summed E-state index contributed by atoms with van der Waals surface area (Å²) in [6.45, 7) is 10.2. The van der Waals surface area contributed by atoms with Crippen LogP contribution in [-0.2, 0) is 9.59 Å². The van der Waals surface area contributed by atoms with Crippen molar-refractivity contribution < 1.29 is 9.59 Å². The molecule has 2 aliphatic carbocycles. The smallest absolute Gasteiger partial charge is 0.236 e.